The highest BCUT2D eigenvalue weighted by Gasteiger charge is 2.44. The van der Waals surface area contributed by atoms with E-state index in [0.29, 0.717) is 6.61 Å². The molecule has 4 N–H and O–H groups in total. The molecule has 9 nitrogen and oxygen atoms in total. The van der Waals surface area contributed by atoms with Crippen molar-refractivity contribution in [2.24, 2.45) is 0 Å². The van der Waals surface area contributed by atoms with Crippen LogP contribution in [0, 0.1) is 0 Å². The van der Waals surface area contributed by atoms with Crippen LogP contribution in [0.2, 0.25) is 0 Å². The Bertz CT molecular complexity index is 432. The predicted octanol–water partition coefficient (Wildman–Crippen LogP) is 0.502. The molecule has 0 saturated carbocycles. The van der Waals surface area contributed by atoms with Gasteiger partial charge in [-0.05, 0) is 6.42 Å². The number of carbonyl (C=O) groups is 1. The smallest absolute Gasteiger partial charge is 0.305 e. The summed E-state index contributed by atoms with van der Waals surface area (Å²) in [5.41, 5.74) is 0. The lowest BCUT2D eigenvalue weighted by Crippen LogP contribution is -2.59. The Labute approximate surface area is 172 Å². The molecular formula is C20H38O9. The summed E-state index contributed by atoms with van der Waals surface area (Å²) in [6.45, 7) is 3.87. The fourth-order valence-corrected chi connectivity index (χ4v) is 2.99. The zero-order chi connectivity index (χ0) is 21.6. The maximum atomic E-state index is 11.6. The highest BCUT2D eigenvalue weighted by Crippen LogP contribution is 2.22. The highest BCUT2D eigenvalue weighted by molar-refractivity contribution is 5.69. The summed E-state index contributed by atoms with van der Waals surface area (Å²) in [7, 11) is 0. The van der Waals surface area contributed by atoms with Gasteiger partial charge in [-0.3, -0.25) is 4.79 Å². The second-order valence-electron chi connectivity index (χ2n) is 7.34. The SMILES string of the molecule is CCCCCCCCOCC(COC1OC(CO)C(O)C(O)C1O)OC(=O)CC. The first-order valence-electron chi connectivity index (χ1n) is 10.6. The Kier molecular flexibility index (Phi) is 13.6. The summed E-state index contributed by atoms with van der Waals surface area (Å²) >= 11 is 0. The minimum atomic E-state index is -1.52. The van der Waals surface area contributed by atoms with Gasteiger partial charge in [-0.1, -0.05) is 46.0 Å². The Balaban J connectivity index is 2.42. The maximum Gasteiger partial charge on any atom is 0.305 e. The number of hydrogen-bond acceptors (Lipinski definition) is 9. The summed E-state index contributed by atoms with van der Waals surface area (Å²) < 4.78 is 21.7. The van der Waals surface area contributed by atoms with Crippen LogP contribution in [0.25, 0.3) is 0 Å². The van der Waals surface area contributed by atoms with E-state index in [1.165, 1.54) is 25.7 Å². The molecular weight excluding hydrogens is 384 g/mol. The van der Waals surface area contributed by atoms with Gasteiger partial charge in [0.05, 0.1) is 19.8 Å². The van der Waals surface area contributed by atoms with Crippen molar-refractivity contribution in [2.75, 3.05) is 26.4 Å². The molecule has 0 aromatic heterocycles. The van der Waals surface area contributed by atoms with Crippen LogP contribution in [0.5, 0.6) is 0 Å². The number of hydrogen-bond donors (Lipinski definition) is 4. The molecule has 29 heavy (non-hydrogen) atoms. The van der Waals surface area contributed by atoms with Gasteiger partial charge in [0.1, 0.15) is 30.5 Å². The second kappa shape index (κ2) is 15.1. The number of ether oxygens (including phenoxy) is 4. The van der Waals surface area contributed by atoms with Gasteiger partial charge in [0.15, 0.2) is 6.29 Å². The topological polar surface area (TPSA) is 135 Å². The monoisotopic (exact) mass is 422 g/mol. The summed E-state index contributed by atoms with van der Waals surface area (Å²) in [5, 5.41) is 38.9. The van der Waals surface area contributed by atoms with Crippen molar-refractivity contribution in [2.45, 2.75) is 95.6 Å². The number of rotatable bonds is 15. The van der Waals surface area contributed by atoms with E-state index in [-0.39, 0.29) is 19.6 Å². The summed E-state index contributed by atoms with van der Waals surface area (Å²) in [5.74, 6) is -0.407. The van der Waals surface area contributed by atoms with Crippen LogP contribution in [-0.2, 0) is 23.7 Å². The maximum absolute atomic E-state index is 11.6. The van der Waals surface area contributed by atoms with Gasteiger partial charge in [-0.15, -0.1) is 0 Å². The Morgan fingerprint density at radius 1 is 0.966 bits per heavy atom. The van der Waals surface area contributed by atoms with Crippen LogP contribution in [0.4, 0.5) is 0 Å². The van der Waals surface area contributed by atoms with Crippen LogP contribution in [0.1, 0.15) is 58.8 Å². The molecule has 0 radical (unpaired) electrons. The fourth-order valence-electron chi connectivity index (χ4n) is 2.99. The lowest BCUT2D eigenvalue weighted by atomic mass is 9.99. The van der Waals surface area contributed by atoms with Gasteiger partial charge < -0.3 is 39.4 Å². The molecule has 1 fully saturated rings. The van der Waals surface area contributed by atoms with Crippen molar-refractivity contribution >= 4 is 5.97 Å². The van der Waals surface area contributed by atoms with Crippen molar-refractivity contribution in [3.63, 3.8) is 0 Å². The highest BCUT2D eigenvalue weighted by atomic mass is 16.7. The standard InChI is InChI=1S/C20H38O9/c1-3-5-6-7-8-9-10-26-12-14(28-16(22)4-2)13-27-20-19(25)18(24)17(23)15(11-21)29-20/h14-15,17-21,23-25H,3-13H2,1-2H3. The molecule has 0 aromatic rings. The van der Waals surface area contributed by atoms with E-state index in [1.807, 2.05) is 0 Å². The molecule has 6 unspecified atom stereocenters. The predicted molar refractivity (Wildman–Crippen MR) is 104 cm³/mol. The third-order valence-electron chi connectivity index (χ3n) is 4.83. The summed E-state index contributed by atoms with van der Waals surface area (Å²) in [4.78, 5) is 11.6. The molecule has 1 aliphatic heterocycles. The normalized spacial score (nSPS) is 28.3. The molecule has 0 bridgehead atoms. The molecule has 9 heteroatoms. The first-order valence-corrected chi connectivity index (χ1v) is 10.6. The lowest BCUT2D eigenvalue weighted by molar-refractivity contribution is -0.305. The van der Waals surface area contributed by atoms with E-state index >= 15 is 0 Å². The Hall–Kier alpha value is -0.810. The Morgan fingerprint density at radius 2 is 1.66 bits per heavy atom. The number of esters is 1. The molecule has 172 valence electrons. The lowest BCUT2D eigenvalue weighted by Gasteiger charge is -2.39. The minimum Gasteiger partial charge on any atom is -0.457 e. The van der Waals surface area contributed by atoms with Crippen molar-refractivity contribution in [3.05, 3.63) is 0 Å². The van der Waals surface area contributed by atoms with E-state index in [2.05, 4.69) is 6.92 Å². The van der Waals surface area contributed by atoms with Gasteiger partial charge in [-0.25, -0.2) is 0 Å². The fraction of sp³-hybridized carbons (Fsp3) is 0.950. The molecule has 1 saturated heterocycles. The third-order valence-corrected chi connectivity index (χ3v) is 4.83. The second-order valence-corrected chi connectivity index (χ2v) is 7.34. The van der Waals surface area contributed by atoms with Crippen LogP contribution in [0.3, 0.4) is 0 Å². The van der Waals surface area contributed by atoms with Gasteiger partial charge >= 0.3 is 5.97 Å². The number of carbonyl (C=O) groups excluding carboxylic acids is 1. The molecule has 0 spiro atoms. The number of unbranched alkanes of at least 4 members (excludes halogenated alkanes) is 5. The van der Waals surface area contributed by atoms with Crippen molar-refractivity contribution in [1.82, 2.24) is 0 Å². The zero-order valence-corrected chi connectivity index (χ0v) is 17.6. The molecule has 0 amide bonds. The van der Waals surface area contributed by atoms with Crippen LogP contribution in [-0.4, -0.2) is 89.6 Å². The summed E-state index contributed by atoms with van der Waals surface area (Å²) in [6.07, 6.45) is -0.455. The van der Waals surface area contributed by atoms with Gasteiger partial charge in [0, 0.05) is 13.0 Å². The van der Waals surface area contributed by atoms with Crippen LogP contribution >= 0.6 is 0 Å². The van der Waals surface area contributed by atoms with Gasteiger partial charge in [0.2, 0.25) is 0 Å². The van der Waals surface area contributed by atoms with E-state index in [1.54, 1.807) is 6.92 Å². The van der Waals surface area contributed by atoms with Crippen molar-refractivity contribution in [3.8, 4) is 0 Å². The average molecular weight is 423 g/mol. The van der Waals surface area contributed by atoms with Gasteiger partial charge in [0.25, 0.3) is 0 Å². The first kappa shape index (κ1) is 26.2. The van der Waals surface area contributed by atoms with Crippen LogP contribution < -0.4 is 0 Å². The molecule has 6 atom stereocenters. The first-order chi connectivity index (χ1) is 13.9. The van der Waals surface area contributed by atoms with Crippen molar-refractivity contribution in [1.29, 1.82) is 0 Å². The molecule has 0 aliphatic carbocycles. The zero-order valence-electron chi connectivity index (χ0n) is 17.6. The molecule has 1 heterocycles. The van der Waals surface area contributed by atoms with Crippen LogP contribution in [0.15, 0.2) is 0 Å². The largest absolute Gasteiger partial charge is 0.457 e. The van der Waals surface area contributed by atoms with E-state index in [4.69, 9.17) is 18.9 Å². The Morgan fingerprint density at radius 3 is 2.31 bits per heavy atom. The third kappa shape index (κ3) is 9.69. The molecule has 1 aliphatic rings. The van der Waals surface area contributed by atoms with E-state index in [0.717, 1.165) is 12.8 Å². The van der Waals surface area contributed by atoms with E-state index in [9.17, 15) is 25.2 Å². The number of aliphatic hydroxyl groups is 4. The minimum absolute atomic E-state index is 0.120. The molecule has 1 rings (SSSR count). The quantitative estimate of drug-likeness (QED) is 0.220. The van der Waals surface area contributed by atoms with Crippen molar-refractivity contribution < 1.29 is 44.2 Å². The average Bonchev–Trinajstić information content (AvgIpc) is 2.72. The molecule has 0 aromatic carbocycles. The summed E-state index contributed by atoms with van der Waals surface area (Å²) in [6, 6.07) is 0. The van der Waals surface area contributed by atoms with Gasteiger partial charge in [-0.2, -0.15) is 0 Å². The number of aliphatic hydroxyl groups excluding tert-OH is 4. The van der Waals surface area contributed by atoms with E-state index < -0.39 is 49.4 Å².